The van der Waals surface area contributed by atoms with Crippen molar-refractivity contribution in [1.29, 1.82) is 0 Å². The number of carboxylic acids is 1. The maximum absolute atomic E-state index is 12.2. The molecule has 1 heterocycles. The maximum atomic E-state index is 12.2. The minimum absolute atomic E-state index is 0.328. The standard InChI is InChI=1S/C16H25NO4S/c1-5-8-17(10-11(4)15(18)19)14-13(16(20)21-7-3)9-12(6-2)22-14/h9,11H,5-8,10H2,1-4H3,(H,18,19). The van der Waals surface area contributed by atoms with Crippen LogP contribution < -0.4 is 4.90 Å². The summed E-state index contributed by atoms with van der Waals surface area (Å²) in [6, 6.07) is 1.87. The third-order valence-corrected chi connectivity index (χ3v) is 4.64. The van der Waals surface area contributed by atoms with Crippen molar-refractivity contribution in [2.24, 2.45) is 5.92 Å². The van der Waals surface area contributed by atoms with E-state index < -0.39 is 11.9 Å². The van der Waals surface area contributed by atoms with Crippen LogP contribution in [0.3, 0.4) is 0 Å². The molecule has 1 N–H and O–H groups in total. The number of rotatable bonds is 9. The lowest BCUT2D eigenvalue weighted by Gasteiger charge is -2.25. The number of anilines is 1. The fraction of sp³-hybridized carbons (Fsp3) is 0.625. The van der Waals surface area contributed by atoms with Crippen LogP contribution in [0.5, 0.6) is 0 Å². The Morgan fingerprint density at radius 3 is 2.55 bits per heavy atom. The summed E-state index contributed by atoms with van der Waals surface area (Å²) in [6.07, 6.45) is 1.72. The number of carboxylic acid groups (broad SMARTS) is 1. The molecule has 5 nitrogen and oxygen atoms in total. The maximum Gasteiger partial charge on any atom is 0.341 e. The lowest BCUT2D eigenvalue weighted by Crippen LogP contribution is -2.33. The molecule has 1 unspecified atom stereocenters. The molecular formula is C16H25NO4S. The molecule has 1 rings (SSSR count). The Labute approximate surface area is 135 Å². The van der Waals surface area contributed by atoms with E-state index in [2.05, 4.69) is 0 Å². The molecule has 0 aromatic carbocycles. The average molecular weight is 327 g/mol. The van der Waals surface area contributed by atoms with Gasteiger partial charge in [-0.05, 0) is 25.8 Å². The van der Waals surface area contributed by atoms with Gasteiger partial charge in [0.05, 0.1) is 18.1 Å². The van der Waals surface area contributed by atoms with E-state index in [0.717, 1.165) is 22.7 Å². The first-order valence-electron chi connectivity index (χ1n) is 7.72. The van der Waals surface area contributed by atoms with Crippen LogP contribution in [0.2, 0.25) is 0 Å². The summed E-state index contributed by atoms with van der Waals surface area (Å²) >= 11 is 1.55. The Hall–Kier alpha value is -1.56. The third-order valence-electron chi connectivity index (χ3n) is 3.30. The molecule has 0 bridgehead atoms. The van der Waals surface area contributed by atoms with E-state index in [1.807, 2.05) is 24.8 Å². The molecular weight excluding hydrogens is 302 g/mol. The molecule has 6 heteroatoms. The molecule has 0 aliphatic carbocycles. The van der Waals surface area contributed by atoms with Gasteiger partial charge in [0.15, 0.2) is 0 Å². The van der Waals surface area contributed by atoms with Crippen molar-refractivity contribution in [3.63, 3.8) is 0 Å². The highest BCUT2D eigenvalue weighted by Gasteiger charge is 2.24. The highest BCUT2D eigenvalue weighted by molar-refractivity contribution is 7.16. The zero-order chi connectivity index (χ0) is 16.7. The van der Waals surface area contributed by atoms with E-state index in [1.165, 1.54) is 0 Å². The molecule has 1 aromatic rings. The summed E-state index contributed by atoms with van der Waals surface area (Å²) < 4.78 is 5.13. The van der Waals surface area contributed by atoms with Gasteiger partial charge in [-0.3, -0.25) is 4.79 Å². The van der Waals surface area contributed by atoms with Crippen molar-refractivity contribution in [3.8, 4) is 0 Å². The number of hydrogen-bond acceptors (Lipinski definition) is 5. The molecule has 1 aromatic heterocycles. The second kappa shape index (κ2) is 8.78. The van der Waals surface area contributed by atoms with E-state index in [4.69, 9.17) is 9.84 Å². The Morgan fingerprint density at radius 1 is 1.36 bits per heavy atom. The van der Waals surface area contributed by atoms with Crippen LogP contribution in [0.4, 0.5) is 5.00 Å². The van der Waals surface area contributed by atoms with Crippen molar-refractivity contribution in [3.05, 3.63) is 16.5 Å². The number of ether oxygens (including phenoxy) is 1. The van der Waals surface area contributed by atoms with Crippen molar-refractivity contribution in [2.75, 3.05) is 24.6 Å². The number of hydrogen-bond donors (Lipinski definition) is 1. The normalized spacial score (nSPS) is 12.0. The van der Waals surface area contributed by atoms with Crippen molar-refractivity contribution in [1.82, 2.24) is 0 Å². The van der Waals surface area contributed by atoms with Gasteiger partial charge in [-0.25, -0.2) is 4.79 Å². The second-order valence-corrected chi connectivity index (χ2v) is 6.31. The molecule has 0 aliphatic heterocycles. The fourth-order valence-corrected chi connectivity index (χ4v) is 3.27. The summed E-state index contributed by atoms with van der Waals surface area (Å²) in [7, 11) is 0. The summed E-state index contributed by atoms with van der Waals surface area (Å²) in [5.41, 5.74) is 0.551. The fourth-order valence-electron chi connectivity index (χ4n) is 2.15. The number of aryl methyl sites for hydroxylation is 1. The first-order valence-corrected chi connectivity index (χ1v) is 8.53. The van der Waals surface area contributed by atoms with Crippen LogP contribution >= 0.6 is 11.3 Å². The number of carbonyl (C=O) groups is 2. The van der Waals surface area contributed by atoms with Crippen LogP contribution in [-0.4, -0.2) is 36.7 Å². The number of aliphatic carboxylic acids is 1. The second-order valence-electron chi connectivity index (χ2n) is 5.19. The Bertz CT molecular complexity index is 512. The highest BCUT2D eigenvalue weighted by atomic mass is 32.1. The van der Waals surface area contributed by atoms with E-state index in [0.29, 0.717) is 25.3 Å². The van der Waals surface area contributed by atoms with Crippen LogP contribution in [0.1, 0.15) is 49.4 Å². The molecule has 0 radical (unpaired) electrons. The number of thiophene rings is 1. The monoisotopic (exact) mass is 327 g/mol. The molecule has 124 valence electrons. The van der Waals surface area contributed by atoms with Gasteiger partial charge < -0.3 is 14.7 Å². The highest BCUT2D eigenvalue weighted by Crippen LogP contribution is 2.33. The average Bonchev–Trinajstić information content (AvgIpc) is 2.91. The lowest BCUT2D eigenvalue weighted by molar-refractivity contribution is -0.140. The smallest absolute Gasteiger partial charge is 0.341 e. The largest absolute Gasteiger partial charge is 0.481 e. The van der Waals surface area contributed by atoms with E-state index in [1.54, 1.807) is 25.2 Å². The first kappa shape index (κ1) is 18.5. The molecule has 0 saturated heterocycles. The number of esters is 1. The summed E-state index contributed by atoms with van der Waals surface area (Å²) in [4.78, 5) is 26.4. The Balaban J connectivity index is 3.13. The van der Waals surface area contributed by atoms with Crippen LogP contribution in [-0.2, 0) is 16.0 Å². The zero-order valence-electron chi connectivity index (χ0n) is 13.7. The van der Waals surface area contributed by atoms with E-state index in [-0.39, 0.29) is 5.97 Å². The molecule has 0 aliphatic rings. The Kier molecular flexibility index (Phi) is 7.38. The van der Waals surface area contributed by atoms with Gasteiger partial charge in [0, 0.05) is 18.0 Å². The molecule has 0 fully saturated rings. The minimum Gasteiger partial charge on any atom is -0.481 e. The van der Waals surface area contributed by atoms with Crippen LogP contribution in [0, 0.1) is 5.92 Å². The van der Waals surface area contributed by atoms with Gasteiger partial charge in [0.25, 0.3) is 0 Å². The first-order chi connectivity index (χ1) is 10.4. The number of nitrogens with zero attached hydrogens (tertiary/aromatic N) is 1. The lowest BCUT2D eigenvalue weighted by atomic mass is 10.1. The number of carbonyl (C=O) groups excluding carboxylic acids is 1. The SMILES string of the molecule is CCCN(CC(C)C(=O)O)c1sc(CC)cc1C(=O)OCC. The van der Waals surface area contributed by atoms with Crippen molar-refractivity contribution < 1.29 is 19.4 Å². The van der Waals surface area contributed by atoms with Gasteiger partial charge in [-0.15, -0.1) is 11.3 Å². The predicted octanol–water partition coefficient (Wildman–Crippen LogP) is 3.42. The zero-order valence-corrected chi connectivity index (χ0v) is 14.5. The molecule has 0 saturated carbocycles. The topological polar surface area (TPSA) is 66.8 Å². The van der Waals surface area contributed by atoms with Gasteiger partial charge in [0.1, 0.15) is 5.00 Å². The van der Waals surface area contributed by atoms with E-state index in [9.17, 15) is 9.59 Å². The quantitative estimate of drug-likeness (QED) is 0.704. The predicted molar refractivity (Wildman–Crippen MR) is 89.0 cm³/mol. The van der Waals surface area contributed by atoms with Gasteiger partial charge in [0.2, 0.25) is 0 Å². The summed E-state index contributed by atoms with van der Waals surface area (Å²) in [5.74, 6) is -1.66. The van der Waals surface area contributed by atoms with Gasteiger partial charge in [-0.1, -0.05) is 20.8 Å². The van der Waals surface area contributed by atoms with E-state index >= 15 is 0 Å². The molecule has 0 amide bonds. The van der Waals surface area contributed by atoms with Crippen molar-refractivity contribution >= 4 is 28.3 Å². The van der Waals surface area contributed by atoms with Gasteiger partial charge in [-0.2, -0.15) is 0 Å². The summed E-state index contributed by atoms with van der Waals surface area (Å²) in [6.45, 7) is 8.97. The van der Waals surface area contributed by atoms with Crippen molar-refractivity contribution in [2.45, 2.75) is 40.5 Å². The molecule has 1 atom stereocenters. The molecule has 22 heavy (non-hydrogen) atoms. The Morgan fingerprint density at radius 2 is 2.05 bits per heavy atom. The van der Waals surface area contributed by atoms with Crippen LogP contribution in [0.25, 0.3) is 0 Å². The molecule has 0 spiro atoms. The minimum atomic E-state index is -0.828. The summed E-state index contributed by atoms with van der Waals surface area (Å²) in [5, 5.41) is 9.97. The third kappa shape index (κ3) is 4.73. The van der Waals surface area contributed by atoms with Crippen LogP contribution in [0.15, 0.2) is 6.07 Å². The van der Waals surface area contributed by atoms with Gasteiger partial charge >= 0.3 is 11.9 Å².